The van der Waals surface area contributed by atoms with E-state index in [4.69, 9.17) is 16.1 Å². The van der Waals surface area contributed by atoms with Gasteiger partial charge in [0.1, 0.15) is 0 Å². The van der Waals surface area contributed by atoms with Crippen molar-refractivity contribution in [3.05, 3.63) is 35.2 Å². The zero-order valence-electron chi connectivity index (χ0n) is 13.2. The van der Waals surface area contributed by atoms with E-state index in [1.165, 1.54) is 19.3 Å². The first-order valence-corrected chi connectivity index (χ1v) is 8.65. The van der Waals surface area contributed by atoms with E-state index in [0.717, 1.165) is 12.5 Å². The van der Waals surface area contributed by atoms with Crippen molar-refractivity contribution in [3.63, 3.8) is 0 Å². The minimum absolute atomic E-state index is 0.0000403. The number of rotatable bonds is 5. The average molecular weight is 347 g/mol. The molecule has 2 heterocycles. The van der Waals surface area contributed by atoms with Crippen LogP contribution >= 0.6 is 11.6 Å². The molecule has 0 radical (unpaired) electrons. The van der Waals surface area contributed by atoms with Crippen molar-refractivity contribution in [2.24, 2.45) is 5.92 Å². The lowest BCUT2D eigenvalue weighted by atomic mass is 10.1. The molecule has 1 aliphatic heterocycles. The Labute approximate surface area is 145 Å². The van der Waals surface area contributed by atoms with Gasteiger partial charge in [-0.25, -0.2) is 0 Å². The molecular weight excluding hydrogens is 328 g/mol. The van der Waals surface area contributed by atoms with Crippen LogP contribution < -0.4 is 5.32 Å². The molecule has 24 heavy (non-hydrogen) atoms. The van der Waals surface area contributed by atoms with Gasteiger partial charge in [-0.15, -0.1) is 0 Å². The van der Waals surface area contributed by atoms with Gasteiger partial charge in [-0.05, 0) is 37.3 Å². The molecule has 4 rings (SSSR count). The smallest absolute Gasteiger partial charge is 0.246 e. The fourth-order valence-corrected chi connectivity index (χ4v) is 3.93. The Morgan fingerprint density at radius 3 is 3.00 bits per heavy atom. The van der Waals surface area contributed by atoms with Crippen LogP contribution in [0.4, 0.5) is 0 Å². The summed E-state index contributed by atoms with van der Waals surface area (Å²) in [4.78, 5) is 18.7. The summed E-state index contributed by atoms with van der Waals surface area (Å²) in [5, 5.41) is 7.35. The molecule has 2 aromatic rings. The number of fused-ring (bicyclic) bond motifs is 2. The van der Waals surface area contributed by atoms with Crippen molar-refractivity contribution in [3.8, 4) is 11.4 Å². The van der Waals surface area contributed by atoms with Crippen molar-refractivity contribution in [1.29, 1.82) is 0 Å². The summed E-state index contributed by atoms with van der Waals surface area (Å²) in [6.45, 7) is 1.74. The summed E-state index contributed by atoms with van der Waals surface area (Å²) < 4.78 is 5.20. The number of piperidine rings is 1. The van der Waals surface area contributed by atoms with E-state index < -0.39 is 0 Å². The number of halogens is 1. The van der Waals surface area contributed by atoms with Gasteiger partial charge in [0.05, 0.1) is 18.1 Å². The monoisotopic (exact) mass is 346 g/mol. The number of carbonyl (C=O) groups is 1. The Morgan fingerprint density at radius 2 is 2.25 bits per heavy atom. The Balaban J connectivity index is 1.32. The normalized spacial score (nSPS) is 22.9. The molecule has 1 aromatic heterocycles. The number of amides is 1. The summed E-state index contributed by atoms with van der Waals surface area (Å²) in [6.07, 6.45) is 3.79. The number of carbonyl (C=O) groups excluding carboxylic acids is 1. The summed E-state index contributed by atoms with van der Waals surface area (Å²) >= 11 is 6.12. The second kappa shape index (κ2) is 6.53. The van der Waals surface area contributed by atoms with E-state index >= 15 is 0 Å². The Bertz CT molecular complexity index is 748. The molecule has 1 N–H and O–H groups in total. The summed E-state index contributed by atoms with van der Waals surface area (Å²) in [5.41, 5.74) is 0.716. The first kappa shape index (κ1) is 15.6. The number of benzene rings is 1. The van der Waals surface area contributed by atoms with Gasteiger partial charge in [-0.2, -0.15) is 4.98 Å². The number of nitrogens with zero attached hydrogens (tertiary/aromatic N) is 3. The van der Waals surface area contributed by atoms with Gasteiger partial charge in [-0.3, -0.25) is 9.69 Å². The van der Waals surface area contributed by atoms with E-state index in [9.17, 15) is 4.79 Å². The maximum Gasteiger partial charge on any atom is 0.246 e. The van der Waals surface area contributed by atoms with Crippen molar-refractivity contribution < 1.29 is 9.32 Å². The molecule has 0 spiro atoms. The molecule has 1 saturated heterocycles. The zero-order valence-corrected chi connectivity index (χ0v) is 14.0. The standard InChI is InChI=1S/C17H19ClN4O2/c18-14-4-2-1-3-13(14)17-20-16(24-21-17)8-19-15(23)10-22-9-11-5-6-12(22)7-11/h1-4,11-12H,5-10H2,(H,19,23)/t11-,12+/m0/s1. The second-order valence-corrected chi connectivity index (χ2v) is 6.94. The Kier molecular flexibility index (Phi) is 4.24. The van der Waals surface area contributed by atoms with E-state index in [-0.39, 0.29) is 12.5 Å². The van der Waals surface area contributed by atoms with Crippen LogP contribution in [0.5, 0.6) is 0 Å². The maximum absolute atomic E-state index is 12.1. The number of hydrogen-bond acceptors (Lipinski definition) is 5. The fourth-order valence-electron chi connectivity index (χ4n) is 3.71. The fraction of sp³-hybridized carbons (Fsp3) is 0.471. The molecule has 1 saturated carbocycles. The predicted octanol–water partition coefficient (Wildman–Crippen LogP) is 2.49. The molecule has 0 unspecified atom stereocenters. The highest BCUT2D eigenvalue weighted by Gasteiger charge is 2.38. The molecule has 6 nitrogen and oxygen atoms in total. The largest absolute Gasteiger partial charge is 0.346 e. The van der Waals surface area contributed by atoms with Gasteiger partial charge < -0.3 is 9.84 Å². The lowest BCUT2D eigenvalue weighted by molar-refractivity contribution is -0.122. The number of likely N-dealkylation sites (tertiary alicyclic amines) is 1. The van der Waals surface area contributed by atoms with Gasteiger partial charge in [0.2, 0.25) is 17.6 Å². The van der Waals surface area contributed by atoms with Crippen LogP contribution in [-0.4, -0.2) is 40.1 Å². The molecule has 2 bridgehead atoms. The Morgan fingerprint density at radius 1 is 1.38 bits per heavy atom. The second-order valence-electron chi connectivity index (χ2n) is 6.53. The van der Waals surface area contributed by atoms with Crippen LogP contribution in [-0.2, 0) is 11.3 Å². The maximum atomic E-state index is 12.1. The van der Waals surface area contributed by atoms with Crippen LogP contribution in [0.3, 0.4) is 0 Å². The van der Waals surface area contributed by atoms with Crippen LogP contribution in [0.15, 0.2) is 28.8 Å². The first-order chi connectivity index (χ1) is 11.7. The molecule has 1 aromatic carbocycles. The summed E-state index contributed by atoms with van der Waals surface area (Å²) in [6, 6.07) is 7.91. The minimum atomic E-state index is 0.0000403. The number of hydrogen-bond donors (Lipinski definition) is 1. The molecule has 2 aliphatic rings. The predicted molar refractivity (Wildman–Crippen MR) is 89.3 cm³/mol. The van der Waals surface area contributed by atoms with Crippen LogP contribution in [0.25, 0.3) is 11.4 Å². The third-order valence-electron chi connectivity index (χ3n) is 4.89. The molecule has 2 fully saturated rings. The van der Waals surface area contributed by atoms with E-state index in [0.29, 0.717) is 34.9 Å². The highest BCUT2D eigenvalue weighted by atomic mass is 35.5. The van der Waals surface area contributed by atoms with Gasteiger partial charge in [0, 0.05) is 18.2 Å². The molecular formula is C17H19ClN4O2. The van der Waals surface area contributed by atoms with Crippen LogP contribution in [0.2, 0.25) is 5.02 Å². The van der Waals surface area contributed by atoms with E-state index in [1.54, 1.807) is 6.07 Å². The molecule has 1 amide bonds. The highest BCUT2D eigenvalue weighted by Crippen LogP contribution is 2.36. The van der Waals surface area contributed by atoms with E-state index in [2.05, 4.69) is 20.4 Å². The topological polar surface area (TPSA) is 71.3 Å². The zero-order chi connectivity index (χ0) is 16.5. The first-order valence-electron chi connectivity index (χ1n) is 8.27. The highest BCUT2D eigenvalue weighted by molar-refractivity contribution is 6.33. The molecule has 126 valence electrons. The lowest BCUT2D eigenvalue weighted by Crippen LogP contribution is -2.41. The SMILES string of the molecule is O=C(CN1C[C@H]2CC[C@@H]1C2)NCc1nc(-c2ccccc2Cl)no1. The van der Waals surface area contributed by atoms with Gasteiger partial charge in [0.25, 0.3) is 0 Å². The van der Waals surface area contributed by atoms with Crippen molar-refractivity contribution in [2.45, 2.75) is 31.8 Å². The van der Waals surface area contributed by atoms with Crippen LogP contribution in [0.1, 0.15) is 25.2 Å². The lowest BCUT2D eigenvalue weighted by Gasteiger charge is -2.25. The summed E-state index contributed by atoms with van der Waals surface area (Å²) in [5.74, 6) is 1.60. The Hall–Kier alpha value is -1.92. The third kappa shape index (κ3) is 3.16. The van der Waals surface area contributed by atoms with Gasteiger partial charge in [-0.1, -0.05) is 28.9 Å². The van der Waals surface area contributed by atoms with Crippen LogP contribution in [0, 0.1) is 5.92 Å². The quantitative estimate of drug-likeness (QED) is 0.900. The van der Waals surface area contributed by atoms with Crippen molar-refractivity contribution in [1.82, 2.24) is 20.4 Å². The van der Waals surface area contributed by atoms with Gasteiger partial charge in [0.15, 0.2) is 0 Å². The van der Waals surface area contributed by atoms with Crippen molar-refractivity contribution in [2.75, 3.05) is 13.1 Å². The van der Waals surface area contributed by atoms with E-state index in [1.807, 2.05) is 18.2 Å². The molecule has 2 atom stereocenters. The molecule has 1 aliphatic carbocycles. The van der Waals surface area contributed by atoms with Crippen molar-refractivity contribution >= 4 is 17.5 Å². The molecule has 7 heteroatoms. The van der Waals surface area contributed by atoms with Gasteiger partial charge >= 0.3 is 0 Å². The third-order valence-corrected chi connectivity index (χ3v) is 5.22. The number of nitrogens with one attached hydrogen (secondary N) is 1. The minimum Gasteiger partial charge on any atom is -0.346 e. The number of aromatic nitrogens is 2. The summed E-state index contributed by atoms with van der Waals surface area (Å²) in [7, 11) is 0. The average Bonchev–Trinajstić information content (AvgIpc) is 3.30.